The number of amides is 1. The van der Waals surface area contributed by atoms with Crippen molar-refractivity contribution in [2.24, 2.45) is 0 Å². The fourth-order valence-electron chi connectivity index (χ4n) is 2.21. The van der Waals surface area contributed by atoms with Gasteiger partial charge in [0, 0.05) is 10.7 Å². The van der Waals surface area contributed by atoms with Crippen molar-refractivity contribution in [1.82, 2.24) is 4.98 Å². The number of aryl methyl sites for hydroxylation is 1. The molecule has 0 radical (unpaired) electrons. The lowest BCUT2D eigenvalue weighted by Crippen LogP contribution is -2.15. The summed E-state index contributed by atoms with van der Waals surface area (Å²) in [5, 5.41) is 3.64. The van der Waals surface area contributed by atoms with E-state index >= 15 is 0 Å². The van der Waals surface area contributed by atoms with Crippen LogP contribution in [0.1, 0.15) is 12.5 Å². The summed E-state index contributed by atoms with van der Waals surface area (Å²) in [6.07, 6.45) is 0.891. The number of aromatic nitrogens is 1. The van der Waals surface area contributed by atoms with E-state index in [1.165, 1.54) is 11.8 Å². The van der Waals surface area contributed by atoms with Gasteiger partial charge in [-0.05, 0) is 36.2 Å². The van der Waals surface area contributed by atoms with Crippen LogP contribution in [0.5, 0.6) is 0 Å². The molecule has 1 amide bonds. The van der Waals surface area contributed by atoms with Crippen molar-refractivity contribution in [2.75, 3.05) is 11.1 Å². The summed E-state index contributed by atoms with van der Waals surface area (Å²) in [6, 6.07) is 13.5. The number of carbonyl (C=O) groups is 1. The molecule has 0 aliphatic rings. The van der Waals surface area contributed by atoms with Gasteiger partial charge in [-0.25, -0.2) is 4.98 Å². The molecule has 0 saturated heterocycles. The minimum Gasteiger partial charge on any atom is -0.325 e. The van der Waals surface area contributed by atoms with Crippen LogP contribution in [0.25, 0.3) is 10.2 Å². The minimum absolute atomic E-state index is 0.0202. The van der Waals surface area contributed by atoms with Crippen LogP contribution in [-0.4, -0.2) is 16.6 Å². The summed E-state index contributed by atoms with van der Waals surface area (Å²) in [6.45, 7) is 2.08. The number of anilines is 1. The number of hydrogen-bond donors (Lipinski definition) is 1. The number of nitrogens with zero attached hydrogens (tertiary/aromatic N) is 1. The van der Waals surface area contributed by atoms with E-state index in [2.05, 4.69) is 17.2 Å². The van der Waals surface area contributed by atoms with Gasteiger partial charge in [0.05, 0.1) is 16.0 Å². The Morgan fingerprint density at radius 2 is 2.13 bits per heavy atom. The maximum absolute atomic E-state index is 12.1. The van der Waals surface area contributed by atoms with Gasteiger partial charge in [-0.15, -0.1) is 11.3 Å². The Hall–Kier alpha value is -1.56. The van der Waals surface area contributed by atoms with Crippen LogP contribution < -0.4 is 5.32 Å². The van der Waals surface area contributed by atoms with Crippen molar-refractivity contribution in [2.45, 2.75) is 17.7 Å². The monoisotopic (exact) mass is 362 g/mol. The molecule has 0 aliphatic heterocycles. The van der Waals surface area contributed by atoms with Crippen LogP contribution in [0.3, 0.4) is 0 Å². The standard InChI is InChI=1S/C17H15ClN2OS2/c1-2-11-5-3-4-6-13(11)19-16(21)10-22-17-20-14-9-12(18)7-8-15(14)23-17/h3-9H,2,10H2,1H3,(H,19,21). The fourth-order valence-corrected chi connectivity index (χ4v) is 4.22. The second-order valence-electron chi connectivity index (χ2n) is 4.94. The van der Waals surface area contributed by atoms with Crippen molar-refractivity contribution >= 4 is 56.5 Å². The number of para-hydroxylation sites is 1. The quantitative estimate of drug-likeness (QED) is 0.631. The van der Waals surface area contributed by atoms with E-state index in [0.29, 0.717) is 10.8 Å². The number of thiazole rings is 1. The molecule has 0 atom stereocenters. The SMILES string of the molecule is CCc1ccccc1NC(=O)CSc1nc2cc(Cl)ccc2s1. The van der Waals surface area contributed by atoms with Gasteiger partial charge >= 0.3 is 0 Å². The van der Waals surface area contributed by atoms with Crippen molar-refractivity contribution < 1.29 is 4.79 Å². The van der Waals surface area contributed by atoms with E-state index in [4.69, 9.17) is 11.6 Å². The molecule has 1 aromatic heterocycles. The highest BCUT2D eigenvalue weighted by atomic mass is 35.5. The zero-order valence-corrected chi connectivity index (χ0v) is 14.9. The molecule has 2 aromatic carbocycles. The Kier molecular flexibility index (Phi) is 5.20. The predicted molar refractivity (Wildman–Crippen MR) is 99.8 cm³/mol. The van der Waals surface area contributed by atoms with Gasteiger partial charge in [-0.1, -0.05) is 48.5 Å². The first-order chi connectivity index (χ1) is 11.2. The summed E-state index contributed by atoms with van der Waals surface area (Å²) in [4.78, 5) is 16.7. The Balaban J connectivity index is 1.63. The zero-order chi connectivity index (χ0) is 16.2. The first-order valence-corrected chi connectivity index (χ1v) is 9.40. The fraction of sp³-hybridized carbons (Fsp3) is 0.176. The number of benzene rings is 2. The number of thioether (sulfide) groups is 1. The Morgan fingerprint density at radius 1 is 1.30 bits per heavy atom. The number of fused-ring (bicyclic) bond motifs is 1. The lowest BCUT2D eigenvalue weighted by Gasteiger charge is -2.08. The van der Waals surface area contributed by atoms with Crippen LogP contribution in [0.15, 0.2) is 46.8 Å². The molecule has 0 aliphatic carbocycles. The lowest BCUT2D eigenvalue weighted by molar-refractivity contribution is -0.113. The highest BCUT2D eigenvalue weighted by Crippen LogP contribution is 2.31. The third-order valence-electron chi connectivity index (χ3n) is 3.33. The average molecular weight is 363 g/mol. The van der Waals surface area contributed by atoms with E-state index < -0.39 is 0 Å². The molecule has 1 heterocycles. The van der Waals surface area contributed by atoms with Gasteiger partial charge in [-0.2, -0.15) is 0 Å². The highest BCUT2D eigenvalue weighted by Gasteiger charge is 2.09. The molecule has 23 heavy (non-hydrogen) atoms. The first kappa shape index (κ1) is 16.3. The van der Waals surface area contributed by atoms with Gasteiger partial charge < -0.3 is 5.32 Å². The molecule has 6 heteroatoms. The number of halogens is 1. The third-order valence-corrected chi connectivity index (χ3v) is 5.74. The smallest absolute Gasteiger partial charge is 0.234 e. The second-order valence-corrected chi connectivity index (χ2v) is 7.63. The van der Waals surface area contributed by atoms with E-state index in [9.17, 15) is 4.79 Å². The van der Waals surface area contributed by atoms with Gasteiger partial charge in [-0.3, -0.25) is 4.79 Å². The van der Waals surface area contributed by atoms with Crippen molar-refractivity contribution in [3.8, 4) is 0 Å². The molecular weight excluding hydrogens is 348 g/mol. The largest absolute Gasteiger partial charge is 0.325 e. The summed E-state index contributed by atoms with van der Waals surface area (Å²) in [5.74, 6) is 0.319. The molecular formula is C17H15ClN2OS2. The van der Waals surface area contributed by atoms with E-state index in [1.54, 1.807) is 11.3 Å². The molecule has 1 N–H and O–H groups in total. The zero-order valence-electron chi connectivity index (χ0n) is 12.5. The molecule has 3 rings (SSSR count). The highest BCUT2D eigenvalue weighted by molar-refractivity contribution is 8.01. The number of carbonyl (C=O) groups excluding carboxylic acids is 1. The summed E-state index contributed by atoms with van der Waals surface area (Å²) >= 11 is 8.99. The minimum atomic E-state index is -0.0202. The maximum atomic E-state index is 12.1. The second kappa shape index (κ2) is 7.34. The summed E-state index contributed by atoms with van der Waals surface area (Å²) in [7, 11) is 0. The van der Waals surface area contributed by atoms with E-state index in [0.717, 1.165) is 32.2 Å². The van der Waals surface area contributed by atoms with Crippen LogP contribution >= 0.6 is 34.7 Å². The van der Waals surface area contributed by atoms with E-state index in [-0.39, 0.29) is 5.91 Å². The van der Waals surface area contributed by atoms with Crippen LogP contribution in [-0.2, 0) is 11.2 Å². The molecule has 0 saturated carbocycles. The Bertz CT molecular complexity index is 847. The van der Waals surface area contributed by atoms with Crippen molar-refractivity contribution in [3.05, 3.63) is 53.1 Å². The van der Waals surface area contributed by atoms with Gasteiger partial charge in [0.2, 0.25) is 5.91 Å². The topological polar surface area (TPSA) is 42.0 Å². The molecule has 3 nitrogen and oxygen atoms in total. The van der Waals surface area contributed by atoms with Crippen LogP contribution in [0.2, 0.25) is 5.02 Å². The van der Waals surface area contributed by atoms with Gasteiger partial charge in [0.25, 0.3) is 0 Å². The summed E-state index contributed by atoms with van der Waals surface area (Å²) in [5.41, 5.74) is 2.90. The third kappa shape index (κ3) is 4.05. The average Bonchev–Trinajstić information content (AvgIpc) is 2.95. The van der Waals surface area contributed by atoms with E-state index in [1.807, 2.05) is 42.5 Å². The Labute approximate surface area is 148 Å². The number of rotatable bonds is 5. The maximum Gasteiger partial charge on any atom is 0.234 e. The number of hydrogen-bond acceptors (Lipinski definition) is 4. The first-order valence-electron chi connectivity index (χ1n) is 7.22. The Morgan fingerprint density at radius 3 is 2.96 bits per heavy atom. The molecule has 0 spiro atoms. The van der Waals surface area contributed by atoms with Crippen LogP contribution in [0, 0.1) is 0 Å². The summed E-state index contributed by atoms with van der Waals surface area (Å²) < 4.78 is 1.95. The molecule has 0 unspecified atom stereocenters. The van der Waals surface area contributed by atoms with Gasteiger partial charge in [0.1, 0.15) is 0 Å². The predicted octanol–water partition coefficient (Wildman–Crippen LogP) is 5.24. The normalized spacial score (nSPS) is 10.9. The molecule has 118 valence electrons. The molecule has 3 aromatic rings. The number of nitrogens with one attached hydrogen (secondary N) is 1. The lowest BCUT2D eigenvalue weighted by atomic mass is 10.1. The van der Waals surface area contributed by atoms with Crippen molar-refractivity contribution in [3.63, 3.8) is 0 Å². The molecule has 0 fully saturated rings. The van der Waals surface area contributed by atoms with Gasteiger partial charge in [0.15, 0.2) is 4.34 Å². The molecule has 0 bridgehead atoms. The van der Waals surface area contributed by atoms with Crippen molar-refractivity contribution in [1.29, 1.82) is 0 Å². The van der Waals surface area contributed by atoms with Crippen LogP contribution in [0.4, 0.5) is 5.69 Å².